The van der Waals surface area contributed by atoms with Crippen molar-refractivity contribution >= 4 is 5.69 Å². The van der Waals surface area contributed by atoms with E-state index in [2.05, 4.69) is 22.0 Å². The van der Waals surface area contributed by atoms with Crippen molar-refractivity contribution < 1.29 is 4.92 Å². The number of nitro benzene ring substituents is 1. The van der Waals surface area contributed by atoms with Gasteiger partial charge in [0, 0.05) is 63.0 Å². The average molecular weight is 304 g/mol. The van der Waals surface area contributed by atoms with Crippen LogP contribution in [0.25, 0.3) is 0 Å². The normalized spacial score (nSPS) is 25.2. The number of hydrogen-bond acceptors (Lipinski definition) is 5. The van der Waals surface area contributed by atoms with Crippen LogP contribution in [-0.2, 0) is 0 Å². The van der Waals surface area contributed by atoms with Gasteiger partial charge in [0.05, 0.1) is 4.92 Å². The first-order valence-corrected chi connectivity index (χ1v) is 8.09. The molecule has 0 saturated carbocycles. The van der Waals surface area contributed by atoms with Crippen LogP contribution in [0.5, 0.6) is 0 Å². The van der Waals surface area contributed by atoms with Crippen molar-refractivity contribution in [1.29, 1.82) is 0 Å². The molecule has 22 heavy (non-hydrogen) atoms. The predicted molar refractivity (Wildman–Crippen MR) is 85.9 cm³/mol. The highest BCUT2D eigenvalue weighted by atomic mass is 16.6. The first kappa shape index (κ1) is 15.4. The number of likely N-dealkylation sites (tertiary alicyclic amines) is 1. The second kappa shape index (κ2) is 6.73. The molecule has 3 rings (SSSR count). The van der Waals surface area contributed by atoms with Crippen LogP contribution in [0.1, 0.15) is 24.9 Å². The molecule has 0 aromatic heterocycles. The molecule has 2 fully saturated rings. The molecule has 2 aliphatic rings. The quantitative estimate of drug-likeness (QED) is 0.677. The summed E-state index contributed by atoms with van der Waals surface area (Å²) < 4.78 is 0. The molecule has 2 saturated heterocycles. The topological polar surface area (TPSA) is 61.7 Å². The van der Waals surface area contributed by atoms with Crippen LogP contribution in [0.15, 0.2) is 24.3 Å². The minimum Gasteiger partial charge on any atom is -0.314 e. The third-order valence-corrected chi connectivity index (χ3v) is 4.99. The molecule has 120 valence electrons. The van der Waals surface area contributed by atoms with E-state index in [1.165, 1.54) is 0 Å². The molecule has 1 aromatic rings. The van der Waals surface area contributed by atoms with Gasteiger partial charge in [0.15, 0.2) is 0 Å². The number of nitro groups is 1. The van der Waals surface area contributed by atoms with E-state index in [1.807, 2.05) is 12.1 Å². The van der Waals surface area contributed by atoms with E-state index < -0.39 is 0 Å². The average Bonchev–Trinajstić information content (AvgIpc) is 3.05. The highest BCUT2D eigenvalue weighted by Crippen LogP contribution is 2.32. The van der Waals surface area contributed by atoms with E-state index in [9.17, 15) is 10.1 Å². The Morgan fingerprint density at radius 1 is 1.27 bits per heavy atom. The lowest BCUT2D eigenvalue weighted by molar-refractivity contribution is -0.385. The molecule has 0 spiro atoms. The molecule has 6 heteroatoms. The lowest BCUT2D eigenvalue weighted by Crippen LogP contribution is -2.49. The molecule has 6 nitrogen and oxygen atoms in total. The van der Waals surface area contributed by atoms with Gasteiger partial charge in [-0.15, -0.1) is 0 Å². The summed E-state index contributed by atoms with van der Waals surface area (Å²) in [5.41, 5.74) is 1.06. The largest absolute Gasteiger partial charge is 0.314 e. The Morgan fingerprint density at radius 3 is 2.73 bits per heavy atom. The fraction of sp³-hybridized carbons (Fsp3) is 0.625. The number of hydrogen-bond donors (Lipinski definition) is 1. The summed E-state index contributed by atoms with van der Waals surface area (Å²) in [4.78, 5) is 15.9. The molecule has 2 atom stereocenters. The summed E-state index contributed by atoms with van der Waals surface area (Å²) in [5.74, 6) is 0. The Morgan fingerprint density at radius 2 is 2.00 bits per heavy atom. The first-order valence-electron chi connectivity index (χ1n) is 8.09. The van der Waals surface area contributed by atoms with Gasteiger partial charge in [-0.05, 0) is 13.3 Å². The van der Waals surface area contributed by atoms with Crippen LogP contribution in [0.2, 0.25) is 0 Å². The molecule has 0 amide bonds. The van der Waals surface area contributed by atoms with Gasteiger partial charge >= 0.3 is 0 Å². The number of nitrogens with zero attached hydrogens (tertiary/aromatic N) is 3. The Bertz CT molecular complexity index is 531. The van der Waals surface area contributed by atoms with Crippen molar-refractivity contribution in [1.82, 2.24) is 15.1 Å². The van der Waals surface area contributed by atoms with E-state index >= 15 is 0 Å². The summed E-state index contributed by atoms with van der Waals surface area (Å²) in [6.45, 7) is 8.46. The molecule has 2 aliphatic heterocycles. The van der Waals surface area contributed by atoms with E-state index in [1.54, 1.807) is 12.1 Å². The minimum absolute atomic E-state index is 0.0921. The molecule has 1 N–H and O–H groups in total. The van der Waals surface area contributed by atoms with Crippen molar-refractivity contribution in [2.45, 2.75) is 25.4 Å². The highest BCUT2D eigenvalue weighted by molar-refractivity contribution is 5.41. The Labute approximate surface area is 131 Å². The zero-order chi connectivity index (χ0) is 15.5. The SMILES string of the molecule is CC(c1ccccc1[N+](=O)[O-])N1CCC(N2CCNCC2)C1. The molecule has 2 heterocycles. The molecule has 1 aromatic carbocycles. The molecule has 0 bridgehead atoms. The molecule has 0 radical (unpaired) electrons. The van der Waals surface area contributed by atoms with Gasteiger partial charge in [-0.25, -0.2) is 0 Å². The fourth-order valence-corrected chi connectivity index (χ4v) is 3.67. The van der Waals surface area contributed by atoms with Gasteiger partial charge in [-0.3, -0.25) is 19.9 Å². The van der Waals surface area contributed by atoms with Crippen LogP contribution in [0.3, 0.4) is 0 Å². The van der Waals surface area contributed by atoms with E-state index in [-0.39, 0.29) is 16.7 Å². The van der Waals surface area contributed by atoms with Crippen LogP contribution in [0, 0.1) is 10.1 Å². The lowest BCUT2D eigenvalue weighted by Gasteiger charge is -2.33. The second-order valence-corrected chi connectivity index (χ2v) is 6.22. The highest BCUT2D eigenvalue weighted by Gasteiger charge is 2.32. The molecule has 0 aliphatic carbocycles. The van der Waals surface area contributed by atoms with Gasteiger partial charge in [0.1, 0.15) is 0 Å². The second-order valence-electron chi connectivity index (χ2n) is 6.22. The molecular weight excluding hydrogens is 280 g/mol. The summed E-state index contributed by atoms with van der Waals surface area (Å²) in [5, 5.41) is 14.6. The van der Waals surface area contributed by atoms with Crippen molar-refractivity contribution in [3.63, 3.8) is 0 Å². The van der Waals surface area contributed by atoms with Gasteiger partial charge < -0.3 is 5.32 Å². The van der Waals surface area contributed by atoms with Crippen LogP contribution >= 0.6 is 0 Å². The molecular formula is C16H24N4O2. The van der Waals surface area contributed by atoms with Crippen molar-refractivity contribution in [2.24, 2.45) is 0 Å². The monoisotopic (exact) mass is 304 g/mol. The number of nitrogens with one attached hydrogen (secondary N) is 1. The Balaban J connectivity index is 1.69. The predicted octanol–water partition coefficient (Wildman–Crippen LogP) is 1.64. The van der Waals surface area contributed by atoms with Crippen molar-refractivity contribution in [3.05, 3.63) is 39.9 Å². The minimum atomic E-state index is -0.268. The zero-order valence-electron chi connectivity index (χ0n) is 13.1. The van der Waals surface area contributed by atoms with Crippen LogP contribution in [-0.4, -0.2) is 60.0 Å². The van der Waals surface area contributed by atoms with Crippen LogP contribution < -0.4 is 5.32 Å². The Kier molecular flexibility index (Phi) is 4.71. The summed E-state index contributed by atoms with van der Waals surface area (Å²) in [6.07, 6.45) is 1.16. The number of para-hydroxylation sites is 1. The van der Waals surface area contributed by atoms with Gasteiger partial charge in [0.2, 0.25) is 0 Å². The lowest BCUT2D eigenvalue weighted by atomic mass is 10.1. The number of benzene rings is 1. The molecule has 2 unspecified atom stereocenters. The third kappa shape index (κ3) is 3.14. The van der Waals surface area contributed by atoms with Crippen molar-refractivity contribution in [2.75, 3.05) is 39.3 Å². The maximum atomic E-state index is 11.2. The number of rotatable bonds is 4. The van der Waals surface area contributed by atoms with Crippen LogP contribution in [0.4, 0.5) is 5.69 Å². The summed E-state index contributed by atoms with van der Waals surface area (Å²) in [6, 6.07) is 7.81. The third-order valence-electron chi connectivity index (χ3n) is 4.99. The van der Waals surface area contributed by atoms with Gasteiger partial charge in [0.25, 0.3) is 5.69 Å². The fourth-order valence-electron chi connectivity index (χ4n) is 3.67. The maximum Gasteiger partial charge on any atom is 0.274 e. The van der Waals surface area contributed by atoms with Crippen molar-refractivity contribution in [3.8, 4) is 0 Å². The summed E-state index contributed by atoms with van der Waals surface area (Å²) in [7, 11) is 0. The van der Waals surface area contributed by atoms with Gasteiger partial charge in [-0.1, -0.05) is 18.2 Å². The summed E-state index contributed by atoms with van der Waals surface area (Å²) >= 11 is 0. The number of piperazine rings is 1. The van der Waals surface area contributed by atoms with E-state index in [0.717, 1.165) is 51.3 Å². The maximum absolute atomic E-state index is 11.2. The smallest absolute Gasteiger partial charge is 0.274 e. The first-order chi connectivity index (χ1) is 10.7. The standard InChI is InChI=1S/C16H24N4O2/c1-13(15-4-2-3-5-16(15)20(21)22)19-9-6-14(12-19)18-10-7-17-8-11-18/h2-5,13-14,17H,6-12H2,1H3. The zero-order valence-corrected chi connectivity index (χ0v) is 13.1. The van der Waals surface area contributed by atoms with E-state index in [4.69, 9.17) is 0 Å². The van der Waals surface area contributed by atoms with E-state index in [0.29, 0.717) is 6.04 Å². The Hall–Kier alpha value is -1.50. The van der Waals surface area contributed by atoms with Gasteiger partial charge in [-0.2, -0.15) is 0 Å².